The van der Waals surface area contributed by atoms with E-state index in [9.17, 15) is 4.39 Å². The van der Waals surface area contributed by atoms with E-state index >= 15 is 0 Å². The highest BCUT2D eigenvalue weighted by molar-refractivity contribution is 5.91. The van der Waals surface area contributed by atoms with E-state index in [0.717, 1.165) is 62.4 Å². The standard InChI is InChI=1S/C23H25FN4O/c1-26-16-22(21-14-18(24)15-25-23(21)26)17-6-8-27(9-7-17)19-2-4-20(5-3-19)28-10-12-29-13-11-28/h2-6,14-16H,7-13H2,1H3. The number of anilines is 2. The summed E-state index contributed by atoms with van der Waals surface area (Å²) in [6, 6.07) is 10.4. The van der Waals surface area contributed by atoms with Gasteiger partial charge in [-0.3, -0.25) is 0 Å². The summed E-state index contributed by atoms with van der Waals surface area (Å²) in [4.78, 5) is 9.00. The molecule has 0 spiro atoms. The van der Waals surface area contributed by atoms with Crippen LogP contribution in [0.15, 0.2) is 48.8 Å². The first-order valence-corrected chi connectivity index (χ1v) is 10.2. The smallest absolute Gasteiger partial charge is 0.142 e. The number of aryl methyl sites for hydroxylation is 1. The van der Waals surface area contributed by atoms with E-state index < -0.39 is 0 Å². The Hall–Kier alpha value is -2.86. The quantitative estimate of drug-likeness (QED) is 0.678. The third-order valence-corrected chi connectivity index (χ3v) is 5.93. The summed E-state index contributed by atoms with van der Waals surface area (Å²) in [6.07, 6.45) is 6.54. The Morgan fingerprint density at radius 3 is 2.41 bits per heavy atom. The van der Waals surface area contributed by atoms with Gasteiger partial charge in [-0.05, 0) is 42.3 Å². The van der Waals surface area contributed by atoms with Crippen LogP contribution in [0.4, 0.5) is 15.8 Å². The Balaban J connectivity index is 1.34. The average Bonchev–Trinajstić information content (AvgIpc) is 3.10. The first-order chi connectivity index (χ1) is 14.2. The molecule has 2 aromatic heterocycles. The predicted molar refractivity (Wildman–Crippen MR) is 115 cm³/mol. The summed E-state index contributed by atoms with van der Waals surface area (Å²) in [5.74, 6) is -0.289. The summed E-state index contributed by atoms with van der Waals surface area (Å²) < 4.78 is 21.1. The summed E-state index contributed by atoms with van der Waals surface area (Å²) in [5, 5.41) is 0.891. The second-order valence-corrected chi connectivity index (χ2v) is 7.72. The van der Waals surface area contributed by atoms with Crippen molar-refractivity contribution < 1.29 is 9.13 Å². The summed E-state index contributed by atoms with van der Waals surface area (Å²) in [6.45, 7) is 5.31. The molecule has 0 aliphatic carbocycles. The van der Waals surface area contributed by atoms with Gasteiger partial charge in [0.2, 0.25) is 0 Å². The number of halogens is 1. The molecule has 29 heavy (non-hydrogen) atoms. The number of hydrogen-bond donors (Lipinski definition) is 0. The van der Waals surface area contributed by atoms with Gasteiger partial charge in [-0.25, -0.2) is 9.37 Å². The molecular formula is C23H25FN4O. The molecule has 0 atom stereocenters. The summed E-state index contributed by atoms with van der Waals surface area (Å²) in [5.41, 5.74) is 5.68. The lowest BCUT2D eigenvalue weighted by atomic mass is 9.99. The highest BCUT2D eigenvalue weighted by Crippen LogP contribution is 2.32. The van der Waals surface area contributed by atoms with Crippen molar-refractivity contribution >= 4 is 28.0 Å². The van der Waals surface area contributed by atoms with Gasteiger partial charge in [-0.1, -0.05) is 6.08 Å². The van der Waals surface area contributed by atoms with Crippen molar-refractivity contribution in [3.63, 3.8) is 0 Å². The van der Waals surface area contributed by atoms with E-state index in [1.54, 1.807) is 6.07 Å². The number of aromatic nitrogens is 2. The molecule has 5 nitrogen and oxygen atoms in total. The van der Waals surface area contributed by atoms with Gasteiger partial charge in [0, 0.05) is 61.7 Å². The fourth-order valence-corrected chi connectivity index (χ4v) is 4.34. The Morgan fingerprint density at radius 1 is 1.00 bits per heavy atom. The zero-order valence-corrected chi connectivity index (χ0v) is 16.6. The second-order valence-electron chi connectivity index (χ2n) is 7.72. The Bertz CT molecular complexity index is 1050. The van der Waals surface area contributed by atoms with Crippen molar-refractivity contribution in [1.29, 1.82) is 0 Å². The molecule has 3 aromatic rings. The number of fused-ring (bicyclic) bond motifs is 1. The maximum absolute atomic E-state index is 13.7. The highest BCUT2D eigenvalue weighted by atomic mass is 19.1. The second kappa shape index (κ2) is 7.52. The number of rotatable bonds is 3. The van der Waals surface area contributed by atoms with Crippen molar-refractivity contribution in [1.82, 2.24) is 9.55 Å². The molecule has 150 valence electrons. The molecule has 1 aromatic carbocycles. The van der Waals surface area contributed by atoms with Crippen LogP contribution in [0, 0.1) is 5.82 Å². The molecule has 6 heteroatoms. The van der Waals surface area contributed by atoms with E-state index in [1.807, 2.05) is 11.6 Å². The minimum Gasteiger partial charge on any atom is -0.378 e. The van der Waals surface area contributed by atoms with Crippen molar-refractivity contribution in [3.8, 4) is 0 Å². The predicted octanol–water partition coefficient (Wildman–Crippen LogP) is 3.84. The van der Waals surface area contributed by atoms with Crippen LogP contribution < -0.4 is 9.80 Å². The molecule has 0 radical (unpaired) electrons. The SMILES string of the molecule is Cn1cc(C2=CCN(c3ccc(N4CCOCC4)cc3)CC2)c2cc(F)cnc21. The van der Waals surface area contributed by atoms with Gasteiger partial charge in [-0.15, -0.1) is 0 Å². The van der Waals surface area contributed by atoms with Crippen LogP contribution in [0.3, 0.4) is 0 Å². The average molecular weight is 392 g/mol. The summed E-state index contributed by atoms with van der Waals surface area (Å²) >= 11 is 0. The van der Waals surface area contributed by atoms with Crippen LogP contribution in [0.1, 0.15) is 12.0 Å². The Morgan fingerprint density at radius 2 is 1.72 bits per heavy atom. The number of morpholine rings is 1. The maximum atomic E-state index is 13.7. The van der Waals surface area contributed by atoms with Gasteiger partial charge in [0.1, 0.15) is 11.5 Å². The monoisotopic (exact) mass is 392 g/mol. The van der Waals surface area contributed by atoms with Crippen molar-refractivity contribution in [2.75, 3.05) is 49.2 Å². The number of pyridine rings is 1. The van der Waals surface area contributed by atoms with Crippen LogP contribution in [0.25, 0.3) is 16.6 Å². The van der Waals surface area contributed by atoms with Crippen molar-refractivity contribution in [3.05, 3.63) is 60.2 Å². The zero-order chi connectivity index (χ0) is 19.8. The number of ether oxygens (including phenoxy) is 1. The minimum absolute atomic E-state index is 0.289. The molecule has 4 heterocycles. The lowest BCUT2D eigenvalue weighted by Gasteiger charge is -2.31. The molecule has 5 rings (SSSR count). The van der Waals surface area contributed by atoms with E-state index in [1.165, 1.54) is 23.1 Å². The zero-order valence-electron chi connectivity index (χ0n) is 16.6. The largest absolute Gasteiger partial charge is 0.378 e. The summed E-state index contributed by atoms with van der Waals surface area (Å²) in [7, 11) is 1.96. The van der Waals surface area contributed by atoms with E-state index in [0.29, 0.717) is 0 Å². The first-order valence-electron chi connectivity index (χ1n) is 10.2. The Kier molecular flexibility index (Phi) is 4.72. The number of nitrogens with zero attached hydrogens (tertiary/aromatic N) is 4. The molecule has 0 unspecified atom stereocenters. The molecule has 2 aliphatic rings. The van der Waals surface area contributed by atoms with Crippen LogP contribution >= 0.6 is 0 Å². The Labute approximate surface area is 170 Å². The maximum Gasteiger partial charge on any atom is 0.142 e. The lowest BCUT2D eigenvalue weighted by Crippen LogP contribution is -2.36. The fourth-order valence-electron chi connectivity index (χ4n) is 4.34. The van der Waals surface area contributed by atoms with Gasteiger partial charge in [0.05, 0.1) is 19.4 Å². The molecule has 1 saturated heterocycles. The lowest BCUT2D eigenvalue weighted by molar-refractivity contribution is 0.122. The molecule has 2 aliphatic heterocycles. The number of benzene rings is 1. The van der Waals surface area contributed by atoms with Gasteiger partial charge >= 0.3 is 0 Å². The highest BCUT2D eigenvalue weighted by Gasteiger charge is 2.18. The molecule has 0 amide bonds. The normalized spacial score (nSPS) is 17.7. The van der Waals surface area contributed by atoms with Crippen LogP contribution in [-0.2, 0) is 11.8 Å². The number of hydrogen-bond acceptors (Lipinski definition) is 4. The van der Waals surface area contributed by atoms with E-state index in [4.69, 9.17) is 4.74 Å². The molecular weight excluding hydrogens is 367 g/mol. The van der Waals surface area contributed by atoms with Crippen molar-refractivity contribution in [2.45, 2.75) is 6.42 Å². The topological polar surface area (TPSA) is 33.5 Å². The molecule has 0 saturated carbocycles. The molecule has 0 N–H and O–H groups in total. The third-order valence-electron chi connectivity index (χ3n) is 5.93. The minimum atomic E-state index is -0.289. The van der Waals surface area contributed by atoms with E-state index in [2.05, 4.69) is 51.3 Å². The van der Waals surface area contributed by atoms with Crippen LogP contribution in [-0.4, -0.2) is 48.9 Å². The van der Waals surface area contributed by atoms with Gasteiger partial charge in [0.25, 0.3) is 0 Å². The van der Waals surface area contributed by atoms with Crippen LogP contribution in [0.2, 0.25) is 0 Å². The van der Waals surface area contributed by atoms with Crippen molar-refractivity contribution in [2.24, 2.45) is 7.05 Å². The van der Waals surface area contributed by atoms with Crippen LogP contribution in [0.5, 0.6) is 0 Å². The first kappa shape index (κ1) is 18.2. The van der Waals surface area contributed by atoms with E-state index in [-0.39, 0.29) is 5.82 Å². The molecule has 0 bridgehead atoms. The van der Waals surface area contributed by atoms with Gasteiger partial charge in [0.15, 0.2) is 0 Å². The molecule has 1 fully saturated rings. The fraction of sp³-hybridized carbons (Fsp3) is 0.348. The van der Waals surface area contributed by atoms with Gasteiger partial charge in [-0.2, -0.15) is 0 Å². The third kappa shape index (κ3) is 3.49. The van der Waals surface area contributed by atoms with Gasteiger partial charge < -0.3 is 19.1 Å².